The Balaban J connectivity index is 1.68. The molecule has 1 aromatic rings. The number of thiazole rings is 1. The molecule has 1 aromatic heterocycles. The van der Waals surface area contributed by atoms with E-state index in [4.69, 9.17) is 5.73 Å². The summed E-state index contributed by atoms with van der Waals surface area (Å²) < 4.78 is 79.2. The number of guanidine groups is 2. The van der Waals surface area contributed by atoms with Crippen molar-refractivity contribution in [3.05, 3.63) is 16.1 Å². The molecule has 0 spiro atoms. The summed E-state index contributed by atoms with van der Waals surface area (Å²) in [6.07, 6.45) is -4.82. The number of halogens is 6. The van der Waals surface area contributed by atoms with Gasteiger partial charge in [0.15, 0.2) is 11.6 Å². The van der Waals surface area contributed by atoms with Crippen molar-refractivity contribution in [2.24, 2.45) is 21.6 Å². The third-order valence-corrected chi connectivity index (χ3v) is 5.97. The zero-order valence-electron chi connectivity index (χ0n) is 14.2. The lowest BCUT2D eigenvalue weighted by Gasteiger charge is -2.47. The second-order valence-corrected chi connectivity index (χ2v) is 8.11. The van der Waals surface area contributed by atoms with Crippen molar-refractivity contribution in [2.75, 3.05) is 0 Å². The van der Waals surface area contributed by atoms with Gasteiger partial charge >= 0.3 is 0 Å². The second-order valence-electron chi connectivity index (χ2n) is 7.25. The lowest BCUT2D eigenvalue weighted by atomic mass is 9.72. The molecule has 4 N–H and O–H groups in total. The molecule has 28 heavy (non-hydrogen) atoms. The molecule has 0 amide bonds. The number of alkyl halides is 6. The van der Waals surface area contributed by atoms with Crippen LogP contribution < -0.4 is 16.4 Å². The van der Waals surface area contributed by atoms with Crippen LogP contribution in [0.15, 0.2) is 15.4 Å². The Kier molecular flexibility index (Phi) is 4.28. The van der Waals surface area contributed by atoms with E-state index in [0.29, 0.717) is 0 Å². The van der Waals surface area contributed by atoms with Gasteiger partial charge in [-0.2, -0.15) is 0 Å². The molecule has 4 rings (SSSR count). The highest BCUT2D eigenvalue weighted by Gasteiger charge is 2.59. The molecular weight excluding hydrogens is 410 g/mol. The first-order valence-corrected chi connectivity index (χ1v) is 9.34. The minimum Gasteiger partial charge on any atom is -0.370 e. The maximum Gasteiger partial charge on any atom is 0.281 e. The SMILES string of the molecule is NC1=NC(c2nc(C(F)F)cs2)(C2CC(F)(F)C2)NC(=NC2CC(F)(F)C2)N1. The fourth-order valence-corrected chi connectivity index (χ4v) is 4.52. The van der Waals surface area contributed by atoms with Gasteiger partial charge in [0, 0.05) is 37.0 Å². The summed E-state index contributed by atoms with van der Waals surface area (Å²) >= 11 is 0.840. The molecule has 2 saturated carbocycles. The van der Waals surface area contributed by atoms with Gasteiger partial charge in [-0.05, 0) is 0 Å². The molecule has 2 fully saturated rings. The topological polar surface area (TPSA) is 87.7 Å². The normalized spacial score (nSPS) is 31.0. The molecule has 13 heteroatoms. The lowest BCUT2D eigenvalue weighted by molar-refractivity contribution is -0.134. The zero-order chi connectivity index (χ0) is 20.3. The molecule has 154 valence electrons. The fraction of sp³-hybridized carbons (Fsp3) is 0.667. The minimum atomic E-state index is -2.91. The summed E-state index contributed by atoms with van der Waals surface area (Å²) in [6.45, 7) is 0. The monoisotopic (exact) mass is 426 g/mol. The summed E-state index contributed by atoms with van der Waals surface area (Å²) in [6, 6.07) is -0.677. The van der Waals surface area contributed by atoms with E-state index in [1.54, 1.807) is 0 Å². The van der Waals surface area contributed by atoms with Crippen LogP contribution in [0, 0.1) is 5.92 Å². The third kappa shape index (κ3) is 3.40. The van der Waals surface area contributed by atoms with Crippen molar-refractivity contribution in [3.8, 4) is 0 Å². The van der Waals surface area contributed by atoms with Gasteiger partial charge in [0.1, 0.15) is 10.7 Å². The van der Waals surface area contributed by atoms with Gasteiger partial charge in [0.05, 0.1) is 6.04 Å². The highest BCUT2D eigenvalue weighted by atomic mass is 32.1. The van der Waals surface area contributed by atoms with E-state index < -0.39 is 67.3 Å². The number of nitrogens with zero attached hydrogens (tertiary/aromatic N) is 3. The Bertz CT molecular complexity index is 823. The zero-order valence-corrected chi connectivity index (χ0v) is 15.0. The molecule has 1 atom stereocenters. The smallest absolute Gasteiger partial charge is 0.281 e. The first kappa shape index (κ1) is 19.3. The van der Waals surface area contributed by atoms with Crippen LogP contribution >= 0.6 is 11.3 Å². The van der Waals surface area contributed by atoms with Crippen LogP contribution in [0.2, 0.25) is 0 Å². The molecule has 1 unspecified atom stereocenters. The van der Waals surface area contributed by atoms with E-state index in [1.165, 1.54) is 0 Å². The quantitative estimate of drug-likeness (QED) is 0.646. The maximum absolute atomic E-state index is 13.5. The van der Waals surface area contributed by atoms with Crippen molar-refractivity contribution < 1.29 is 26.3 Å². The van der Waals surface area contributed by atoms with E-state index in [9.17, 15) is 26.3 Å². The van der Waals surface area contributed by atoms with Crippen molar-refractivity contribution in [1.82, 2.24) is 15.6 Å². The largest absolute Gasteiger partial charge is 0.370 e. The van der Waals surface area contributed by atoms with Gasteiger partial charge in [0.25, 0.3) is 12.3 Å². The van der Waals surface area contributed by atoms with Crippen LogP contribution in [0.25, 0.3) is 0 Å². The Hall–Kier alpha value is -2.05. The predicted molar refractivity (Wildman–Crippen MR) is 89.7 cm³/mol. The van der Waals surface area contributed by atoms with E-state index in [-0.39, 0.29) is 16.9 Å². The standard InChI is InChI=1S/C15H16F6N6S/c16-9(17)8-5-28-10(24-8)15(6-1-13(18,19)2-6)26-11(22)25-12(27-15)23-7-3-14(20,21)4-7/h5-7,9H,1-4H2,(H4,22,23,25,26,27). The molecule has 6 nitrogen and oxygen atoms in total. The van der Waals surface area contributed by atoms with Gasteiger partial charge in [-0.15, -0.1) is 11.3 Å². The molecule has 2 aliphatic carbocycles. The number of nitrogens with one attached hydrogen (secondary N) is 2. The Morgan fingerprint density at radius 3 is 2.32 bits per heavy atom. The van der Waals surface area contributed by atoms with Gasteiger partial charge in [-0.25, -0.2) is 41.3 Å². The summed E-state index contributed by atoms with van der Waals surface area (Å²) in [4.78, 5) is 12.2. The van der Waals surface area contributed by atoms with Crippen LogP contribution in [-0.4, -0.2) is 34.8 Å². The second kappa shape index (κ2) is 6.22. The van der Waals surface area contributed by atoms with Crippen LogP contribution in [0.3, 0.4) is 0 Å². The van der Waals surface area contributed by atoms with Crippen LogP contribution in [-0.2, 0) is 5.66 Å². The Labute approximate surface area is 159 Å². The number of rotatable bonds is 4. The lowest BCUT2D eigenvalue weighted by Crippen LogP contribution is -2.64. The number of nitrogens with two attached hydrogens (primary N) is 1. The van der Waals surface area contributed by atoms with Crippen LogP contribution in [0.1, 0.15) is 42.8 Å². The summed E-state index contributed by atoms with van der Waals surface area (Å²) in [5.41, 5.74) is 3.67. The summed E-state index contributed by atoms with van der Waals surface area (Å²) in [5.74, 6) is -6.69. The van der Waals surface area contributed by atoms with Crippen molar-refractivity contribution in [2.45, 2.75) is 55.7 Å². The van der Waals surface area contributed by atoms with E-state index in [1.807, 2.05) is 0 Å². The van der Waals surface area contributed by atoms with Crippen molar-refractivity contribution >= 4 is 23.3 Å². The van der Waals surface area contributed by atoms with Crippen molar-refractivity contribution in [1.29, 1.82) is 0 Å². The summed E-state index contributed by atoms with van der Waals surface area (Å²) in [7, 11) is 0. The average Bonchev–Trinajstić information content (AvgIpc) is 3.00. The number of aromatic nitrogens is 1. The maximum atomic E-state index is 13.5. The Morgan fingerprint density at radius 1 is 1.14 bits per heavy atom. The molecule has 2 heterocycles. The van der Waals surface area contributed by atoms with Gasteiger partial charge in [0.2, 0.25) is 11.9 Å². The molecule has 0 radical (unpaired) electrons. The van der Waals surface area contributed by atoms with Gasteiger partial charge in [-0.1, -0.05) is 0 Å². The van der Waals surface area contributed by atoms with E-state index in [0.717, 1.165) is 16.7 Å². The minimum absolute atomic E-state index is 0.0167. The fourth-order valence-electron chi connectivity index (χ4n) is 3.53. The summed E-state index contributed by atoms with van der Waals surface area (Å²) in [5, 5.41) is 6.58. The molecular formula is C15H16F6N6S. The third-order valence-electron chi connectivity index (χ3n) is 4.98. The molecule has 0 bridgehead atoms. The van der Waals surface area contributed by atoms with Crippen molar-refractivity contribution in [3.63, 3.8) is 0 Å². The van der Waals surface area contributed by atoms with Gasteiger partial charge in [-0.3, -0.25) is 5.32 Å². The molecule has 0 aromatic carbocycles. The van der Waals surface area contributed by atoms with Crippen LogP contribution in [0.5, 0.6) is 0 Å². The Morgan fingerprint density at radius 2 is 1.79 bits per heavy atom. The molecule has 1 aliphatic heterocycles. The predicted octanol–water partition coefficient (Wildman–Crippen LogP) is 2.94. The number of hydrogen-bond donors (Lipinski definition) is 3. The van der Waals surface area contributed by atoms with E-state index >= 15 is 0 Å². The number of aliphatic imine (C=N–C) groups is 2. The van der Waals surface area contributed by atoms with Gasteiger partial charge < -0.3 is 11.1 Å². The molecule has 3 aliphatic rings. The first-order chi connectivity index (χ1) is 13.0. The highest BCUT2D eigenvalue weighted by molar-refractivity contribution is 7.09. The first-order valence-electron chi connectivity index (χ1n) is 8.46. The molecule has 0 saturated heterocycles. The number of hydrogen-bond acceptors (Lipinski definition) is 5. The van der Waals surface area contributed by atoms with Crippen LogP contribution in [0.4, 0.5) is 26.3 Å². The highest BCUT2D eigenvalue weighted by Crippen LogP contribution is 2.52. The van der Waals surface area contributed by atoms with E-state index in [2.05, 4.69) is 25.6 Å². The average molecular weight is 426 g/mol.